The minimum absolute atomic E-state index is 0.365. The smallest absolute Gasteiger partial charge is 0.106 e. The van der Waals surface area contributed by atoms with Gasteiger partial charge in [-0.1, -0.05) is 48.1 Å². The summed E-state index contributed by atoms with van der Waals surface area (Å²) in [6.07, 6.45) is 1.12. The van der Waals surface area contributed by atoms with Crippen LogP contribution in [-0.2, 0) is 6.42 Å². The van der Waals surface area contributed by atoms with E-state index in [-0.39, 0.29) is 0 Å². The molecule has 0 radical (unpaired) electrons. The summed E-state index contributed by atoms with van der Waals surface area (Å²) in [5, 5.41) is 4.08. The SMILES string of the molecule is NC(=S)c1cc(Cl)ccc1NCC1Cc2ccccc21. The molecule has 20 heavy (non-hydrogen) atoms. The molecule has 3 N–H and O–H groups in total. The Hall–Kier alpha value is -1.58. The normalized spacial score (nSPS) is 16.1. The van der Waals surface area contributed by atoms with Crippen LogP contribution in [0.1, 0.15) is 22.6 Å². The van der Waals surface area contributed by atoms with Crippen molar-refractivity contribution in [1.82, 2.24) is 0 Å². The Kier molecular flexibility index (Phi) is 3.64. The van der Waals surface area contributed by atoms with Gasteiger partial charge in [0.25, 0.3) is 0 Å². The van der Waals surface area contributed by atoms with Gasteiger partial charge < -0.3 is 11.1 Å². The Bertz CT molecular complexity index is 669. The van der Waals surface area contributed by atoms with E-state index in [0.29, 0.717) is 15.9 Å². The van der Waals surface area contributed by atoms with Crippen molar-refractivity contribution in [3.63, 3.8) is 0 Å². The van der Waals surface area contributed by atoms with Gasteiger partial charge in [0.1, 0.15) is 4.99 Å². The Balaban J connectivity index is 1.73. The van der Waals surface area contributed by atoms with Crippen LogP contribution in [0.3, 0.4) is 0 Å². The summed E-state index contributed by atoms with van der Waals surface area (Å²) in [6.45, 7) is 0.883. The lowest BCUT2D eigenvalue weighted by atomic mass is 9.77. The minimum Gasteiger partial charge on any atom is -0.389 e. The number of nitrogens with two attached hydrogens (primary N) is 1. The van der Waals surface area contributed by atoms with Gasteiger partial charge in [-0.3, -0.25) is 0 Å². The molecule has 1 aliphatic rings. The number of thiocarbonyl (C=S) groups is 1. The third-order valence-corrected chi connectivity index (χ3v) is 4.20. The van der Waals surface area contributed by atoms with Crippen LogP contribution < -0.4 is 11.1 Å². The highest BCUT2D eigenvalue weighted by Crippen LogP contribution is 2.35. The van der Waals surface area contributed by atoms with E-state index in [1.165, 1.54) is 11.1 Å². The van der Waals surface area contributed by atoms with Gasteiger partial charge in [-0.25, -0.2) is 0 Å². The van der Waals surface area contributed by atoms with Gasteiger partial charge in [-0.05, 0) is 35.7 Å². The largest absolute Gasteiger partial charge is 0.389 e. The molecule has 1 atom stereocenters. The van der Waals surface area contributed by atoms with E-state index in [4.69, 9.17) is 29.6 Å². The molecule has 0 heterocycles. The summed E-state index contributed by atoms with van der Waals surface area (Å²) < 4.78 is 0. The third-order valence-electron chi connectivity index (χ3n) is 3.75. The lowest BCUT2D eigenvalue weighted by Gasteiger charge is -2.30. The second-order valence-electron chi connectivity index (χ2n) is 5.03. The lowest BCUT2D eigenvalue weighted by Crippen LogP contribution is -2.25. The second kappa shape index (κ2) is 5.43. The van der Waals surface area contributed by atoms with Gasteiger partial charge in [0.15, 0.2) is 0 Å². The van der Waals surface area contributed by atoms with Crippen LogP contribution in [-0.4, -0.2) is 11.5 Å². The van der Waals surface area contributed by atoms with Crippen molar-refractivity contribution in [2.24, 2.45) is 5.73 Å². The van der Waals surface area contributed by atoms with Crippen molar-refractivity contribution in [3.8, 4) is 0 Å². The number of nitrogens with one attached hydrogen (secondary N) is 1. The Morgan fingerprint density at radius 3 is 2.85 bits per heavy atom. The van der Waals surface area contributed by atoms with E-state index in [9.17, 15) is 0 Å². The molecule has 0 aliphatic heterocycles. The molecule has 3 rings (SSSR count). The molecule has 0 saturated carbocycles. The van der Waals surface area contributed by atoms with Gasteiger partial charge in [0.2, 0.25) is 0 Å². The van der Waals surface area contributed by atoms with Crippen LogP contribution in [0.4, 0.5) is 5.69 Å². The van der Waals surface area contributed by atoms with E-state index in [0.717, 1.165) is 24.2 Å². The molecular weight excluding hydrogens is 288 g/mol. The first kappa shape index (κ1) is 13.4. The molecular formula is C16H15ClN2S. The number of rotatable bonds is 4. The zero-order valence-electron chi connectivity index (χ0n) is 10.9. The van der Waals surface area contributed by atoms with Gasteiger partial charge in [-0.2, -0.15) is 0 Å². The maximum absolute atomic E-state index is 5.99. The molecule has 102 valence electrons. The fraction of sp³-hybridized carbons (Fsp3) is 0.188. The minimum atomic E-state index is 0.365. The summed E-state index contributed by atoms with van der Waals surface area (Å²) >= 11 is 11.1. The van der Waals surface area contributed by atoms with Crippen LogP contribution in [0, 0.1) is 0 Å². The molecule has 0 saturated heterocycles. The van der Waals surface area contributed by atoms with E-state index >= 15 is 0 Å². The van der Waals surface area contributed by atoms with E-state index in [1.54, 1.807) is 6.07 Å². The van der Waals surface area contributed by atoms with E-state index in [1.807, 2.05) is 12.1 Å². The fourth-order valence-electron chi connectivity index (χ4n) is 2.65. The zero-order valence-corrected chi connectivity index (χ0v) is 12.5. The Labute approximate surface area is 128 Å². The van der Waals surface area contributed by atoms with E-state index < -0.39 is 0 Å². The van der Waals surface area contributed by atoms with Crippen molar-refractivity contribution in [1.29, 1.82) is 0 Å². The van der Waals surface area contributed by atoms with Gasteiger partial charge in [0, 0.05) is 28.7 Å². The molecule has 0 amide bonds. The summed E-state index contributed by atoms with van der Waals surface area (Å²) in [5.41, 5.74) is 10.4. The van der Waals surface area contributed by atoms with Gasteiger partial charge in [0.05, 0.1) is 0 Å². The van der Waals surface area contributed by atoms with Crippen LogP contribution >= 0.6 is 23.8 Å². The molecule has 0 aromatic heterocycles. The van der Waals surface area contributed by atoms with Crippen LogP contribution in [0.5, 0.6) is 0 Å². The highest BCUT2D eigenvalue weighted by molar-refractivity contribution is 7.80. The predicted molar refractivity (Wildman–Crippen MR) is 88.7 cm³/mol. The monoisotopic (exact) mass is 302 g/mol. The van der Waals surface area contributed by atoms with Gasteiger partial charge in [-0.15, -0.1) is 0 Å². The van der Waals surface area contributed by atoms with Crippen molar-refractivity contribution in [3.05, 3.63) is 64.2 Å². The van der Waals surface area contributed by atoms with Crippen LogP contribution in [0.15, 0.2) is 42.5 Å². The summed E-state index contributed by atoms with van der Waals surface area (Å²) in [6, 6.07) is 14.2. The average molecular weight is 303 g/mol. The molecule has 2 aromatic rings. The molecule has 1 aliphatic carbocycles. The van der Waals surface area contributed by atoms with Gasteiger partial charge >= 0.3 is 0 Å². The Morgan fingerprint density at radius 2 is 2.10 bits per heavy atom. The molecule has 2 aromatic carbocycles. The second-order valence-corrected chi connectivity index (χ2v) is 5.91. The summed E-state index contributed by atoms with van der Waals surface area (Å²) in [5.74, 6) is 0.557. The first-order valence-electron chi connectivity index (χ1n) is 6.56. The topological polar surface area (TPSA) is 38.0 Å². The summed E-state index contributed by atoms with van der Waals surface area (Å²) in [4.78, 5) is 0.365. The highest BCUT2D eigenvalue weighted by Gasteiger charge is 2.25. The number of fused-ring (bicyclic) bond motifs is 1. The zero-order chi connectivity index (χ0) is 14.1. The third kappa shape index (κ3) is 2.51. The van der Waals surface area contributed by atoms with Crippen LogP contribution in [0.2, 0.25) is 5.02 Å². The highest BCUT2D eigenvalue weighted by atomic mass is 35.5. The molecule has 0 fully saturated rings. The standard InChI is InChI=1S/C16H15ClN2S/c17-12-5-6-15(14(8-12)16(18)20)19-9-11-7-10-3-1-2-4-13(10)11/h1-6,8,11,19H,7,9H2,(H2,18,20). The Morgan fingerprint density at radius 1 is 1.30 bits per heavy atom. The number of halogens is 1. The maximum atomic E-state index is 5.99. The van der Waals surface area contributed by atoms with E-state index in [2.05, 4.69) is 29.6 Å². The van der Waals surface area contributed by atoms with Crippen LogP contribution in [0.25, 0.3) is 0 Å². The summed E-state index contributed by atoms with van der Waals surface area (Å²) in [7, 11) is 0. The molecule has 2 nitrogen and oxygen atoms in total. The average Bonchev–Trinajstić information content (AvgIpc) is 2.41. The number of hydrogen-bond acceptors (Lipinski definition) is 2. The molecule has 0 bridgehead atoms. The molecule has 0 spiro atoms. The molecule has 4 heteroatoms. The van der Waals surface area contributed by atoms with Crippen molar-refractivity contribution in [2.75, 3.05) is 11.9 Å². The van der Waals surface area contributed by atoms with Crippen molar-refractivity contribution >= 4 is 34.5 Å². The molecule has 1 unspecified atom stereocenters. The first-order valence-corrected chi connectivity index (χ1v) is 7.35. The first-order chi connectivity index (χ1) is 9.65. The lowest BCUT2D eigenvalue weighted by molar-refractivity contribution is 0.636. The number of benzene rings is 2. The van der Waals surface area contributed by atoms with Crippen molar-refractivity contribution in [2.45, 2.75) is 12.3 Å². The number of hydrogen-bond donors (Lipinski definition) is 2. The quantitative estimate of drug-likeness (QED) is 0.845. The fourth-order valence-corrected chi connectivity index (χ4v) is 2.99. The number of anilines is 1. The maximum Gasteiger partial charge on any atom is 0.106 e. The van der Waals surface area contributed by atoms with Crippen molar-refractivity contribution < 1.29 is 0 Å². The predicted octanol–water partition coefficient (Wildman–Crippen LogP) is 3.73.